The Morgan fingerprint density at radius 1 is 0.913 bits per heavy atom. The Balaban J connectivity index is 2.27. The molecule has 114 valence electrons. The number of nitrogens with one attached hydrogen (secondary N) is 1. The Morgan fingerprint density at radius 3 is 2.04 bits per heavy atom. The van der Waals surface area contributed by atoms with E-state index in [1.165, 1.54) is 13.1 Å². The van der Waals surface area contributed by atoms with Gasteiger partial charge in [-0.05, 0) is 0 Å². The largest absolute Gasteiger partial charge is 0.455 e. The van der Waals surface area contributed by atoms with Crippen molar-refractivity contribution in [3.8, 4) is 22.6 Å². The molecule has 3 rings (SSSR count). The molecule has 0 aliphatic rings. The summed E-state index contributed by atoms with van der Waals surface area (Å²) in [6, 6.07) is 19.8. The van der Waals surface area contributed by atoms with E-state index in [2.05, 4.69) is 5.32 Å². The van der Waals surface area contributed by atoms with E-state index in [1.54, 1.807) is 12.1 Å². The number of rotatable bonds is 3. The van der Waals surface area contributed by atoms with Gasteiger partial charge in [-0.3, -0.25) is 9.59 Å². The van der Waals surface area contributed by atoms with Gasteiger partial charge in [0.05, 0.1) is 0 Å². The molecule has 0 aliphatic heterocycles. The van der Waals surface area contributed by atoms with E-state index in [1.807, 2.05) is 48.5 Å². The summed E-state index contributed by atoms with van der Waals surface area (Å²) in [5.74, 6) is 0.246. The van der Waals surface area contributed by atoms with E-state index < -0.39 is 5.91 Å². The van der Waals surface area contributed by atoms with Crippen molar-refractivity contribution in [1.82, 2.24) is 5.32 Å². The minimum Gasteiger partial charge on any atom is -0.455 e. The molecule has 4 heteroatoms. The lowest BCUT2D eigenvalue weighted by molar-refractivity contribution is 0.0961. The van der Waals surface area contributed by atoms with Crippen LogP contribution in [0.15, 0.2) is 75.9 Å². The molecule has 3 aromatic rings. The number of carbonyl (C=O) groups is 1. The number of carbonyl (C=O) groups excluding carboxylic acids is 1. The Labute approximate surface area is 133 Å². The molecule has 0 spiro atoms. The lowest BCUT2D eigenvalue weighted by Gasteiger charge is -2.10. The summed E-state index contributed by atoms with van der Waals surface area (Å²) in [5.41, 5.74) is 1.11. The van der Waals surface area contributed by atoms with Crippen LogP contribution in [-0.4, -0.2) is 13.0 Å². The van der Waals surface area contributed by atoms with Crippen LogP contribution in [-0.2, 0) is 0 Å². The van der Waals surface area contributed by atoms with Gasteiger partial charge < -0.3 is 9.73 Å². The van der Waals surface area contributed by atoms with Crippen LogP contribution in [0.5, 0.6) is 0 Å². The Morgan fingerprint density at radius 2 is 1.48 bits per heavy atom. The Bertz CT molecular complexity index is 883. The predicted molar refractivity (Wildman–Crippen MR) is 89.2 cm³/mol. The van der Waals surface area contributed by atoms with Gasteiger partial charge in [0, 0.05) is 24.2 Å². The lowest BCUT2D eigenvalue weighted by atomic mass is 10.0. The standard InChI is InChI=1S/C19H15NO3/c1-20-19(22)17-15(21)12-16(13-8-4-2-5-9-13)23-18(17)14-10-6-3-7-11-14/h2-12H,1H3,(H,20,22). The Kier molecular flexibility index (Phi) is 4.06. The molecule has 1 heterocycles. The number of hydrogen-bond acceptors (Lipinski definition) is 3. The first-order chi connectivity index (χ1) is 11.2. The van der Waals surface area contributed by atoms with E-state index in [0.29, 0.717) is 11.3 Å². The van der Waals surface area contributed by atoms with Crippen LogP contribution in [0.4, 0.5) is 0 Å². The molecule has 4 nitrogen and oxygen atoms in total. The van der Waals surface area contributed by atoms with Gasteiger partial charge >= 0.3 is 0 Å². The summed E-state index contributed by atoms with van der Waals surface area (Å²) in [6.07, 6.45) is 0. The van der Waals surface area contributed by atoms with Gasteiger partial charge in [0.2, 0.25) is 0 Å². The van der Waals surface area contributed by atoms with Crippen LogP contribution >= 0.6 is 0 Å². The minimum atomic E-state index is -0.461. The highest BCUT2D eigenvalue weighted by molar-refractivity contribution is 5.99. The summed E-state index contributed by atoms with van der Waals surface area (Å²) in [5, 5.41) is 2.49. The normalized spacial score (nSPS) is 10.3. The molecule has 0 atom stereocenters. The maximum Gasteiger partial charge on any atom is 0.258 e. The smallest absolute Gasteiger partial charge is 0.258 e. The third kappa shape index (κ3) is 2.92. The highest BCUT2D eigenvalue weighted by Gasteiger charge is 2.20. The van der Waals surface area contributed by atoms with Crippen LogP contribution in [0.1, 0.15) is 10.4 Å². The van der Waals surface area contributed by atoms with Crippen molar-refractivity contribution in [3.05, 3.63) is 82.5 Å². The fourth-order valence-corrected chi connectivity index (χ4v) is 2.37. The average molecular weight is 305 g/mol. The summed E-state index contributed by atoms with van der Waals surface area (Å²) < 4.78 is 5.92. The van der Waals surface area contributed by atoms with Crippen molar-refractivity contribution in [2.75, 3.05) is 7.05 Å². The van der Waals surface area contributed by atoms with E-state index in [4.69, 9.17) is 4.42 Å². The van der Waals surface area contributed by atoms with E-state index >= 15 is 0 Å². The number of amides is 1. The lowest BCUT2D eigenvalue weighted by Crippen LogP contribution is -2.26. The zero-order valence-corrected chi connectivity index (χ0v) is 12.6. The van der Waals surface area contributed by atoms with Crippen molar-refractivity contribution in [2.24, 2.45) is 0 Å². The third-order valence-corrected chi connectivity index (χ3v) is 3.50. The predicted octanol–water partition coefficient (Wildman–Crippen LogP) is 3.33. The van der Waals surface area contributed by atoms with Crippen molar-refractivity contribution in [1.29, 1.82) is 0 Å². The first kappa shape index (κ1) is 14.8. The molecule has 0 saturated carbocycles. The summed E-state index contributed by atoms with van der Waals surface area (Å²) in [7, 11) is 1.49. The molecular formula is C19H15NO3. The SMILES string of the molecule is CNC(=O)c1c(-c2ccccc2)oc(-c2ccccc2)cc1=O. The van der Waals surface area contributed by atoms with Crippen molar-refractivity contribution in [2.45, 2.75) is 0 Å². The van der Waals surface area contributed by atoms with Gasteiger partial charge in [0.25, 0.3) is 5.91 Å². The molecule has 1 amide bonds. The minimum absolute atomic E-state index is 0.0124. The number of benzene rings is 2. The molecule has 0 radical (unpaired) electrons. The first-order valence-electron chi connectivity index (χ1n) is 7.22. The second kappa shape index (κ2) is 6.32. The molecule has 1 aromatic heterocycles. The first-order valence-corrected chi connectivity index (χ1v) is 7.22. The molecule has 0 fully saturated rings. The quantitative estimate of drug-likeness (QED) is 0.807. The van der Waals surface area contributed by atoms with Gasteiger partial charge in [-0.25, -0.2) is 0 Å². The van der Waals surface area contributed by atoms with Crippen LogP contribution < -0.4 is 10.7 Å². The van der Waals surface area contributed by atoms with Gasteiger partial charge in [0.15, 0.2) is 11.2 Å². The fourth-order valence-electron chi connectivity index (χ4n) is 2.37. The molecule has 0 saturated heterocycles. The molecule has 23 heavy (non-hydrogen) atoms. The van der Waals surface area contributed by atoms with Crippen LogP contribution in [0.2, 0.25) is 0 Å². The zero-order valence-electron chi connectivity index (χ0n) is 12.6. The average Bonchev–Trinajstić information content (AvgIpc) is 2.62. The van der Waals surface area contributed by atoms with Gasteiger partial charge in [-0.1, -0.05) is 60.7 Å². The Hall–Kier alpha value is -3.14. The van der Waals surface area contributed by atoms with E-state index in [0.717, 1.165) is 5.56 Å². The van der Waals surface area contributed by atoms with E-state index in [-0.39, 0.29) is 16.8 Å². The van der Waals surface area contributed by atoms with Gasteiger partial charge in [-0.2, -0.15) is 0 Å². The highest BCUT2D eigenvalue weighted by Crippen LogP contribution is 2.27. The molecule has 1 N–H and O–H groups in total. The van der Waals surface area contributed by atoms with Crippen LogP contribution in [0, 0.1) is 0 Å². The van der Waals surface area contributed by atoms with Gasteiger partial charge in [0.1, 0.15) is 11.3 Å². The monoisotopic (exact) mass is 305 g/mol. The van der Waals surface area contributed by atoms with Crippen molar-refractivity contribution < 1.29 is 9.21 Å². The van der Waals surface area contributed by atoms with Crippen LogP contribution in [0.25, 0.3) is 22.6 Å². The van der Waals surface area contributed by atoms with Gasteiger partial charge in [-0.15, -0.1) is 0 Å². The van der Waals surface area contributed by atoms with Crippen molar-refractivity contribution in [3.63, 3.8) is 0 Å². The summed E-state index contributed by atoms with van der Waals surface area (Å²) in [4.78, 5) is 24.6. The molecular weight excluding hydrogens is 290 g/mol. The molecule has 0 unspecified atom stereocenters. The number of hydrogen-bond donors (Lipinski definition) is 1. The summed E-state index contributed by atoms with van der Waals surface area (Å²) in [6.45, 7) is 0. The maximum atomic E-state index is 12.5. The third-order valence-electron chi connectivity index (χ3n) is 3.50. The topological polar surface area (TPSA) is 59.3 Å². The van der Waals surface area contributed by atoms with Crippen molar-refractivity contribution >= 4 is 5.91 Å². The molecule has 2 aromatic carbocycles. The molecule has 0 bridgehead atoms. The summed E-state index contributed by atoms with van der Waals surface area (Å²) >= 11 is 0. The second-order valence-electron chi connectivity index (χ2n) is 4.99. The second-order valence-corrected chi connectivity index (χ2v) is 4.99. The molecule has 0 aliphatic carbocycles. The maximum absolute atomic E-state index is 12.5. The fraction of sp³-hybridized carbons (Fsp3) is 0.0526. The van der Waals surface area contributed by atoms with Crippen LogP contribution in [0.3, 0.4) is 0 Å². The zero-order chi connectivity index (χ0) is 16.2. The highest BCUT2D eigenvalue weighted by atomic mass is 16.3. The van der Waals surface area contributed by atoms with E-state index in [9.17, 15) is 9.59 Å².